The summed E-state index contributed by atoms with van der Waals surface area (Å²) in [6.07, 6.45) is 1.06. The lowest BCUT2D eigenvalue weighted by Crippen LogP contribution is -2.05. The number of hydrogen-bond donors (Lipinski definition) is 2. The van der Waals surface area contributed by atoms with Gasteiger partial charge in [0.05, 0.1) is 5.69 Å². The molecule has 0 unspecified atom stereocenters. The normalized spacial score (nSPS) is 10.4. The number of nitrogens with one attached hydrogen (secondary N) is 1. The molecule has 1 heterocycles. The fraction of sp³-hybridized carbons (Fsp3) is 0.250. The molecule has 1 aromatic carbocycles. The molecule has 0 fully saturated rings. The third kappa shape index (κ3) is 2.08. The van der Waals surface area contributed by atoms with Gasteiger partial charge in [0, 0.05) is 10.4 Å². The topological polar surface area (TPSA) is 50.9 Å². The molecule has 0 spiro atoms. The van der Waals surface area contributed by atoms with E-state index in [9.17, 15) is 0 Å². The molecule has 0 radical (unpaired) electrons. The molecule has 3 nitrogen and oxygen atoms in total. The molecule has 16 heavy (non-hydrogen) atoms. The van der Waals surface area contributed by atoms with Gasteiger partial charge in [-0.25, -0.2) is 10.8 Å². The number of nitrogens with two attached hydrogens (primary N) is 1. The molecule has 0 saturated carbocycles. The van der Waals surface area contributed by atoms with Gasteiger partial charge in [0.2, 0.25) is 0 Å². The van der Waals surface area contributed by atoms with Gasteiger partial charge in [0.25, 0.3) is 0 Å². The Kier molecular flexibility index (Phi) is 3.22. The second-order valence-corrected chi connectivity index (χ2v) is 4.82. The van der Waals surface area contributed by atoms with E-state index >= 15 is 0 Å². The zero-order valence-electron chi connectivity index (χ0n) is 9.45. The van der Waals surface area contributed by atoms with Crippen LogP contribution in [-0.2, 0) is 6.42 Å². The van der Waals surface area contributed by atoms with E-state index in [1.54, 1.807) is 11.3 Å². The summed E-state index contributed by atoms with van der Waals surface area (Å²) in [6, 6.07) is 8.51. The third-order valence-corrected chi connectivity index (χ3v) is 3.46. The van der Waals surface area contributed by atoms with Crippen molar-refractivity contribution in [3.05, 3.63) is 34.7 Å². The minimum absolute atomic E-state index is 0.757. The van der Waals surface area contributed by atoms with Crippen LogP contribution in [0.25, 0.3) is 11.3 Å². The van der Waals surface area contributed by atoms with Crippen LogP contribution in [0.3, 0.4) is 0 Å². The van der Waals surface area contributed by atoms with E-state index in [0.717, 1.165) is 22.8 Å². The highest BCUT2D eigenvalue weighted by Gasteiger charge is 2.08. The second kappa shape index (κ2) is 4.63. The monoisotopic (exact) mass is 233 g/mol. The lowest BCUT2D eigenvalue weighted by molar-refractivity contribution is 1.14. The summed E-state index contributed by atoms with van der Waals surface area (Å²) in [5, 5.41) is 0.757. The second-order valence-electron chi connectivity index (χ2n) is 3.62. The van der Waals surface area contributed by atoms with Crippen molar-refractivity contribution in [2.24, 2.45) is 5.84 Å². The number of thiazole rings is 1. The number of nitrogen functional groups attached to an aromatic ring is 1. The lowest BCUT2D eigenvalue weighted by atomic mass is 10.1. The summed E-state index contributed by atoms with van der Waals surface area (Å²) in [7, 11) is 0. The lowest BCUT2D eigenvalue weighted by Gasteiger charge is -2.00. The molecule has 0 bridgehead atoms. The van der Waals surface area contributed by atoms with Crippen molar-refractivity contribution in [3.63, 3.8) is 0 Å². The van der Waals surface area contributed by atoms with E-state index in [1.807, 2.05) is 0 Å². The summed E-state index contributed by atoms with van der Waals surface area (Å²) in [5.41, 5.74) is 6.09. The summed E-state index contributed by atoms with van der Waals surface area (Å²) in [5.74, 6) is 5.35. The highest BCUT2D eigenvalue weighted by atomic mass is 32.1. The van der Waals surface area contributed by atoms with Crippen molar-refractivity contribution >= 4 is 16.5 Å². The maximum absolute atomic E-state index is 5.35. The number of anilines is 1. The van der Waals surface area contributed by atoms with Gasteiger partial charge in [-0.05, 0) is 18.9 Å². The van der Waals surface area contributed by atoms with E-state index in [4.69, 9.17) is 5.84 Å². The van der Waals surface area contributed by atoms with E-state index in [-0.39, 0.29) is 0 Å². The van der Waals surface area contributed by atoms with Crippen LogP contribution in [-0.4, -0.2) is 4.98 Å². The molecule has 2 rings (SSSR count). The fourth-order valence-corrected chi connectivity index (χ4v) is 2.37. The number of aryl methyl sites for hydroxylation is 2. The maximum Gasteiger partial charge on any atom is 0.197 e. The van der Waals surface area contributed by atoms with Crippen molar-refractivity contribution < 1.29 is 0 Å². The number of hydrazine groups is 1. The minimum atomic E-state index is 0.757. The number of hydrogen-bond acceptors (Lipinski definition) is 4. The molecular weight excluding hydrogens is 218 g/mol. The van der Waals surface area contributed by atoms with E-state index in [0.29, 0.717) is 0 Å². The molecule has 1 aromatic heterocycles. The van der Waals surface area contributed by atoms with E-state index < -0.39 is 0 Å². The van der Waals surface area contributed by atoms with E-state index in [2.05, 4.69) is 48.5 Å². The predicted molar refractivity (Wildman–Crippen MR) is 69.5 cm³/mol. The average Bonchev–Trinajstić information content (AvgIpc) is 2.71. The van der Waals surface area contributed by atoms with Gasteiger partial charge in [-0.2, -0.15) is 0 Å². The first-order valence-corrected chi connectivity index (χ1v) is 6.09. The maximum atomic E-state index is 5.35. The summed E-state index contributed by atoms with van der Waals surface area (Å²) >= 11 is 1.57. The van der Waals surface area contributed by atoms with Crippen molar-refractivity contribution in [3.8, 4) is 11.3 Å². The molecule has 2 aromatic rings. The first-order chi connectivity index (χ1) is 7.74. The zero-order chi connectivity index (χ0) is 11.5. The molecule has 0 aliphatic heterocycles. The smallest absolute Gasteiger partial charge is 0.197 e. The Morgan fingerprint density at radius 2 is 2.00 bits per heavy atom. The Bertz CT molecular complexity index is 474. The summed E-state index contributed by atoms with van der Waals surface area (Å²) < 4.78 is 0. The van der Waals surface area contributed by atoms with Crippen molar-refractivity contribution in [2.45, 2.75) is 20.3 Å². The minimum Gasteiger partial charge on any atom is -0.300 e. The van der Waals surface area contributed by atoms with Gasteiger partial charge in [-0.1, -0.05) is 31.2 Å². The number of nitrogens with zero attached hydrogens (tertiary/aromatic N) is 1. The van der Waals surface area contributed by atoms with Crippen LogP contribution < -0.4 is 11.3 Å². The zero-order valence-corrected chi connectivity index (χ0v) is 10.3. The van der Waals surface area contributed by atoms with Gasteiger partial charge in [0.1, 0.15) is 0 Å². The van der Waals surface area contributed by atoms with Crippen LogP contribution in [0.4, 0.5) is 5.13 Å². The van der Waals surface area contributed by atoms with Gasteiger partial charge in [-0.15, -0.1) is 11.3 Å². The van der Waals surface area contributed by atoms with E-state index in [1.165, 1.54) is 10.4 Å². The average molecular weight is 233 g/mol. The standard InChI is InChI=1S/C12H15N3S/c1-3-9-4-6-10(7-5-9)11-8(2)16-12(14-11)15-13/h4-7H,3,13H2,1-2H3,(H,14,15). The molecule has 0 saturated heterocycles. The first kappa shape index (κ1) is 11.1. The van der Waals surface area contributed by atoms with Gasteiger partial charge in [-0.3, -0.25) is 5.43 Å². The van der Waals surface area contributed by atoms with Crippen LogP contribution in [0, 0.1) is 6.92 Å². The van der Waals surface area contributed by atoms with Crippen LogP contribution in [0.5, 0.6) is 0 Å². The van der Waals surface area contributed by atoms with Crippen LogP contribution in [0.2, 0.25) is 0 Å². The van der Waals surface area contributed by atoms with Crippen LogP contribution in [0.1, 0.15) is 17.4 Å². The molecule has 3 N–H and O–H groups in total. The first-order valence-electron chi connectivity index (χ1n) is 5.28. The molecule has 0 aliphatic rings. The molecule has 0 amide bonds. The number of benzene rings is 1. The van der Waals surface area contributed by atoms with Crippen molar-refractivity contribution in [2.75, 3.05) is 5.43 Å². The molecule has 0 aliphatic carbocycles. The SMILES string of the molecule is CCc1ccc(-c2nc(NN)sc2C)cc1. The highest BCUT2D eigenvalue weighted by molar-refractivity contribution is 7.15. The third-order valence-electron chi connectivity index (χ3n) is 2.56. The largest absolute Gasteiger partial charge is 0.300 e. The van der Waals surface area contributed by atoms with Crippen LogP contribution in [0.15, 0.2) is 24.3 Å². The molecule has 84 valence electrons. The molecular formula is C12H15N3S. The number of rotatable bonds is 3. The fourth-order valence-electron chi connectivity index (χ4n) is 1.62. The quantitative estimate of drug-likeness (QED) is 0.633. The van der Waals surface area contributed by atoms with Gasteiger partial charge >= 0.3 is 0 Å². The Hall–Kier alpha value is -1.39. The Morgan fingerprint density at radius 3 is 2.50 bits per heavy atom. The Balaban J connectivity index is 2.38. The van der Waals surface area contributed by atoms with Gasteiger partial charge in [0.15, 0.2) is 5.13 Å². The summed E-state index contributed by atoms with van der Waals surface area (Å²) in [4.78, 5) is 5.61. The van der Waals surface area contributed by atoms with Crippen LogP contribution >= 0.6 is 11.3 Å². The van der Waals surface area contributed by atoms with Crippen molar-refractivity contribution in [1.82, 2.24) is 4.98 Å². The van der Waals surface area contributed by atoms with Gasteiger partial charge < -0.3 is 0 Å². The molecule has 0 atom stereocenters. The Labute approximate surface area is 99.3 Å². The van der Waals surface area contributed by atoms with Crippen molar-refractivity contribution in [1.29, 1.82) is 0 Å². The number of aromatic nitrogens is 1. The highest BCUT2D eigenvalue weighted by Crippen LogP contribution is 2.29. The summed E-state index contributed by atoms with van der Waals surface area (Å²) in [6.45, 7) is 4.21. The predicted octanol–water partition coefficient (Wildman–Crippen LogP) is 2.97. The molecule has 4 heteroatoms. The Morgan fingerprint density at radius 1 is 1.31 bits per heavy atom.